The minimum Gasteiger partial charge on any atom is -0.485 e. The molecule has 1 N–H and O–H groups in total. The zero-order valence-corrected chi connectivity index (χ0v) is 28.8. The van der Waals surface area contributed by atoms with Gasteiger partial charge in [0.15, 0.2) is 5.75 Å². The van der Waals surface area contributed by atoms with Gasteiger partial charge < -0.3 is 24.6 Å². The zero-order valence-electron chi connectivity index (χ0n) is 26.5. The van der Waals surface area contributed by atoms with E-state index in [1.165, 1.54) is 0 Å². The summed E-state index contributed by atoms with van der Waals surface area (Å²) in [5, 5.41) is 5.14. The van der Waals surface area contributed by atoms with Gasteiger partial charge in [-0.2, -0.15) is 0 Å². The molecule has 1 saturated carbocycles. The van der Waals surface area contributed by atoms with Crippen molar-refractivity contribution < 1.29 is 14.3 Å². The second-order valence-electron chi connectivity index (χ2n) is 12.7. The average Bonchev–Trinajstić information content (AvgIpc) is 3.79. The van der Waals surface area contributed by atoms with Crippen molar-refractivity contribution in [3.63, 3.8) is 0 Å². The maximum absolute atomic E-state index is 14.3. The van der Waals surface area contributed by atoms with Crippen LogP contribution in [0.3, 0.4) is 0 Å². The van der Waals surface area contributed by atoms with Gasteiger partial charge in [0.2, 0.25) is 5.91 Å². The van der Waals surface area contributed by atoms with Crippen LogP contribution < -0.4 is 15.0 Å². The van der Waals surface area contributed by atoms with Gasteiger partial charge in [0.05, 0.1) is 27.5 Å². The summed E-state index contributed by atoms with van der Waals surface area (Å²) in [4.78, 5) is 27.9. The van der Waals surface area contributed by atoms with E-state index in [0.717, 1.165) is 79.8 Å². The van der Waals surface area contributed by atoms with Gasteiger partial charge in [-0.25, -0.2) is 4.98 Å². The summed E-state index contributed by atoms with van der Waals surface area (Å²) < 4.78 is 11.4. The van der Waals surface area contributed by atoms with Crippen molar-refractivity contribution >= 4 is 46.5 Å². The molecule has 1 amide bonds. The van der Waals surface area contributed by atoms with Crippen molar-refractivity contribution in [1.82, 2.24) is 20.2 Å². The topological polar surface area (TPSA) is 79.8 Å². The highest BCUT2D eigenvalue weighted by molar-refractivity contribution is 6.37. The molecule has 246 valence electrons. The van der Waals surface area contributed by atoms with E-state index in [1.54, 1.807) is 13.3 Å². The van der Waals surface area contributed by atoms with E-state index in [4.69, 9.17) is 49.3 Å². The fourth-order valence-electron chi connectivity index (χ4n) is 6.67. The highest BCUT2D eigenvalue weighted by Gasteiger charge is 2.40. The Morgan fingerprint density at radius 2 is 1.85 bits per heavy atom. The number of carbonyl (C=O) groups excluding carboxylic acids is 1. The molecule has 3 fully saturated rings. The van der Waals surface area contributed by atoms with Crippen LogP contribution in [0.15, 0.2) is 42.7 Å². The molecule has 3 aliphatic rings. The molecule has 3 aromatic rings. The van der Waals surface area contributed by atoms with E-state index in [0.29, 0.717) is 47.1 Å². The lowest BCUT2D eigenvalue weighted by molar-refractivity contribution is -0.138. The summed E-state index contributed by atoms with van der Waals surface area (Å²) >= 11 is 19.5. The second-order valence-corrected chi connectivity index (χ2v) is 14.0. The van der Waals surface area contributed by atoms with Crippen molar-refractivity contribution in [2.75, 3.05) is 44.8 Å². The summed E-state index contributed by atoms with van der Waals surface area (Å²) in [6, 6.07) is 10.3. The molecule has 6 rings (SSSR count). The molecule has 0 bridgehead atoms. The minimum absolute atomic E-state index is 0.0330. The van der Waals surface area contributed by atoms with Crippen LogP contribution in [-0.2, 0) is 22.5 Å². The van der Waals surface area contributed by atoms with Gasteiger partial charge in [-0.1, -0.05) is 40.9 Å². The molecule has 1 aliphatic carbocycles. The number of hydrogen-bond acceptors (Lipinski definition) is 7. The predicted octanol–water partition coefficient (Wildman–Crippen LogP) is 6.87. The van der Waals surface area contributed by atoms with Gasteiger partial charge >= 0.3 is 0 Å². The minimum atomic E-state index is -0.169. The van der Waals surface area contributed by atoms with E-state index in [-0.39, 0.29) is 29.9 Å². The summed E-state index contributed by atoms with van der Waals surface area (Å²) in [7, 11) is 1.71. The van der Waals surface area contributed by atoms with Crippen molar-refractivity contribution in [1.29, 1.82) is 0 Å². The lowest BCUT2D eigenvalue weighted by Crippen LogP contribution is -2.47. The van der Waals surface area contributed by atoms with Crippen LogP contribution in [0.1, 0.15) is 60.4 Å². The highest BCUT2D eigenvalue weighted by atomic mass is 35.5. The number of aryl methyl sites for hydroxylation is 2. The Labute approximate surface area is 286 Å². The van der Waals surface area contributed by atoms with Gasteiger partial charge in [0, 0.05) is 63.9 Å². The first-order valence-corrected chi connectivity index (χ1v) is 17.4. The van der Waals surface area contributed by atoms with Crippen molar-refractivity contribution in [3.8, 4) is 5.75 Å². The third-order valence-corrected chi connectivity index (χ3v) is 10.2. The van der Waals surface area contributed by atoms with Crippen LogP contribution >= 0.6 is 34.8 Å². The summed E-state index contributed by atoms with van der Waals surface area (Å²) in [5.41, 5.74) is 4.03. The van der Waals surface area contributed by atoms with Gasteiger partial charge in [-0.3, -0.25) is 9.78 Å². The predicted molar refractivity (Wildman–Crippen MR) is 183 cm³/mol. The molecule has 3 atom stereocenters. The van der Waals surface area contributed by atoms with Crippen molar-refractivity contribution in [2.24, 2.45) is 5.92 Å². The number of nitrogens with zero attached hydrogens (tertiary/aromatic N) is 4. The highest BCUT2D eigenvalue weighted by Crippen LogP contribution is 2.38. The Hall–Kier alpha value is -2.62. The number of ether oxygens (including phenoxy) is 2. The normalized spacial score (nSPS) is 21.4. The van der Waals surface area contributed by atoms with Crippen LogP contribution in [0.4, 0.5) is 5.82 Å². The number of amides is 1. The maximum Gasteiger partial charge on any atom is 0.228 e. The number of piperidine rings is 1. The molecular weight excluding hydrogens is 645 g/mol. The largest absolute Gasteiger partial charge is 0.485 e. The lowest BCUT2D eigenvalue weighted by Gasteiger charge is -2.36. The SMILES string of the molecule is COCCCc1cc(CN(C(=O)C2CNCCC2c2ccc(N3CC[C@@H](Oc4c(Cl)cc(C)cc4Cl)C3)nc2)C2CC2)c(Cl)cn1. The van der Waals surface area contributed by atoms with E-state index >= 15 is 0 Å². The Balaban J connectivity index is 1.12. The van der Waals surface area contributed by atoms with Gasteiger partial charge in [0.1, 0.15) is 11.9 Å². The first-order valence-electron chi connectivity index (χ1n) is 16.3. The standard InChI is InChI=1S/C35H42Cl3N5O3/c1-22-14-30(36)34(31(37)15-22)46-27-10-12-42(21-27)33-8-5-23(17-41-33)28-9-11-39-18-29(28)35(44)43(26-6-7-26)20-24-16-25(4-3-13-45-2)40-19-32(24)38/h5,8,14-17,19,26-29,39H,3-4,6-7,9-13,18,20-21H2,1-2H3/t27-,28?,29?/m1/s1. The Morgan fingerprint density at radius 3 is 2.57 bits per heavy atom. The molecule has 2 unspecified atom stereocenters. The number of rotatable bonds is 12. The average molecular weight is 687 g/mol. The van der Waals surface area contributed by atoms with E-state index in [1.807, 2.05) is 25.3 Å². The van der Waals surface area contributed by atoms with Gasteiger partial charge in [0.25, 0.3) is 0 Å². The number of carbonyl (C=O) groups is 1. The molecule has 0 radical (unpaired) electrons. The Bertz CT molecular complexity index is 1500. The van der Waals surface area contributed by atoms with Gasteiger partial charge in [-0.15, -0.1) is 0 Å². The van der Waals surface area contributed by atoms with Crippen LogP contribution in [0, 0.1) is 12.8 Å². The first kappa shape index (κ1) is 33.3. The molecule has 2 aromatic heterocycles. The number of methoxy groups -OCH3 is 1. The summed E-state index contributed by atoms with van der Waals surface area (Å²) in [6.07, 6.45) is 9.13. The van der Waals surface area contributed by atoms with Crippen LogP contribution in [0.2, 0.25) is 15.1 Å². The second kappa shape index (κ2) is 15.1. The van der Waals surface area contributed by atoms with Crippen LogP contribution in [0.5, 0.6) is 5.75 Å². The molecule has 2 saturated heterocycles. The number of benzene rings is 1. The van der Waals surface area contributed by atoms with Gasteiger partial charge in [-0.05, 0) is 92.4 Å². The molecule has 46 heavy (non-hydrogen) atoms. The first-order chi connectivity index (χ1) is 22.3. The monoisotopic (exact) mass is 685 g/mol. The lowest BCUT2D eigenvalue weighted by atomic mass is 9.80. The number of halogens is 3. The van der Waals surface area contributed by atoms with Crippen molar-refractivity contribution in [3.05, 3.63) is 80.2 Å². The van der Waals surface area contributed by atoms with Crippen LogP contribution in [0.25, 0.3) is 0 Å². The third-order valence-electron chi connectivity index (χ3n) is 9.28. The molecule has 0 spiro atoms. The quantitative estimate of drug-likeness (QED) is 0.209. The smallest absolute Gasteiger partial charge is 0.228 e. The number of nitrogens with one attached hydrogen (secondary N) is 1. The zero-order chi connectivity index (χ0) is 32.2. The number of hydrogen-bond donors (Lipinski definition) is 1. The molecule has 8 nitrogen and oxygen atoms in total. The molecule has 2 aliphatic heterocycles. The number of pyridine rings is 2. The van der Waals surface area contributed by atoms with Crippen LogP contribution in [-0.4, -0.2) is 72.8 Å². The van der Waals surface area contributed by atoms with E-state index in [2.05, 4.69) is 38.3 Å². The van der Waals surface area contributed by atoms with E-state index in [9.17, 15) is 4.79 Å². The van der Waals surface area contributed by atoms with Crippen molar-refractivity contribution in [2.45, 2.75) is 70.1 Å². The molecular formula is C35H42Cl3N5O3. The fraction of sp³-hybridized carbons (Fsp3) is 0.514. The molecule has 1 aromatic carbocycles. The Kier molecular flexibility index (Phi) is 10.9. The third kappa shape index (κ3) is 7.91. The fourth-order valence-corrected chi connectivity index (χ4v) is 7.52. The summed E-state index contributed by atoms with van der Waals surface area (Å²) in [6.45, 7) is 6.19. The summed E-state index contributed by atoms with van der Waals surface area (Å²) in [5.74, 6) is 1.55. The maximum atomic E-state index is 14.3. The van der Waals surface area contributed by atoms with E-state index < -0.39 is 0 Å². The molecule has 11 heteroatoms. The Morgan fingerprint density at radius 1 is 1.04 bits per heavy atom. The molecule has 4 heterocycles. The number of anilines is 1. The number of aromatic nitrogens is 2.